The molecule has 2 nitrogen and oxygen atoms in total. The highest BCUT2D eigenvalue weighted by Gasteiger charge is 2.19. The van der Waals surface area contributed by atoms with Gasteiger partial charge < -0.3 is 5.32 Å². The minimum absolute atomic E-state index is 0.0864. The van der Waals surface area contributed by atoms with E-state index in [-0.39, 0.29) is 11.9 Å². The molecular formula is C11H11FN2. The van der Waals surface area contributed by atoms with Gasteiger partial charge in [-0.05, 0) is 37.6 Å². The van der Waals surface area contributed by atoms with E-state index in [0.717, 1.165) is 19.4 Å². The van der Waals surface area contributed by atoms with Gasteiger partial charge in [-0.2, -0.15) is 5.26 Å². The van der Waals surface area contributed by atoms with Crippen molar-refractivity contribution < 1.29 is 4.39 Å². The molecule has 0 aromatic heterocycles. The summed E-state index contributed by atoms with van der Waals surface area (Å²) in [6.07, 6.45) is 2.02. The third-order valence-electron chi connectivity index (χ3n) is 2.56. The minimum atomic E-state index is -0.219. The van der Waals surface area contributed by atoms with Crippen molar-refractivity contribution in [1.82, 2.24) is 5.32 Å². The largest absolute Gasteiger partial charge is 0.310 e. The third-order valence-corrected chi connectivity index (χ3v) is 2.56. The molecule has 0 saturated carbocycles. The fourth-order valence-corrected chi connectivity index (χ4v) is 1.83. The molecule has 3 heteroatoms. The average Bonchev–Trinajstić information content (AvgIpc) is 2.71. The van der Waals surface area contributed by atoms with Gasteiger partial charge in [-0.15, -0.1) is 0 Å². The Hall–Kier alpha value is -1.40. The maximum absolute atomic E-state index is 13.4. The Balaban J connectivity index is 2.35. The fourth-order valence-electron chi connectivity index (χ4n) is 1.83. The van der Waals surface area contributed by atoms with Gasteiger partial charge >= 0.3 is 0 Å². The number of rotatable bonds is 1. The van der Waals surface area contributed by atoms with E-state index in [1.54, 1.807) is 6.07 Å². The second-order valence-electron chi connectivity index (χ2n) is 3.50. The van der Waals surface area contributed by atoms with E-state index in [9.17, 15) is 4.39 Å². The van der Waals surface area contributed by atoms with Crippen molar-refractivity contribution in [1.29, 1.82) is 5.26 Å². The molecule has 1 fully saturated rings. The minimum Gasteiger partial charge on any atom is -0.310 e. The Morgan fingerprint density at radius 2 is 2.36 bits per heavy atom. The monoisotopic (exact) mass is 190 g/mol. The summed E-state index contributed by atoms with van der Waals surface area (Å²) in [7, 11) is 0. The Bertz CT molecular complexity index is 375. The molecule has 1 aliphatic rings. The Labute approximate surface area is 82.4 Å². The highest BCUT2D eigenvalue weighted by atomic mass is 19.1. The Kier molecular flexibility index (Phi) is 2.47. The van der Waals surface area contributed by atoms with Crippen molar-refractivity contribution in [3.05, 3.63) is 35.1 Å². The smallest absolute Gasteiger partial charge is 0.128 e. The number of benzene rings is 1. The summed E-state index contributed by atoms with van der Waals surface area (Å²) >= 11 is 0. The van der Waals surface area contributed by atoms with E-state index in [2.05, 4.69) is 5.32 Å². The van der Waals surface area contributed by atoms with Crippen LogP contribution in [0.2, 0.25) is 0 Å². The molecule has 1 aliphatic heterocycles. The zero-order valence-corrected chi connectivity index (χ0v) is 7.76. The van der Waals surface area contributed by atoms with Crippen LogP contribution in [0.15, 0.2) is 18.2 Å². The molecule has 0 radical (unpaired) electrons. The number of hydrogen-bond acceptors (Lipinski definition) is 2. The maximum atomic E-state index is 13.4. The lowest BCUT2D eigenvalue weighted by atomic mass is 10.0. The summed E-state index contributed by atoms with van der Waals surface area (Å²) < 4.78 is 13.4. The van der Waals surface area contributed by atoms with E-state index in [1.165, 1.54) is 12.1 Å². The Morgan fingerprint density at radius 3 is 3.00 bits per heavy atom. The van der Waals surface area contributed by atoms with Crippen molar-refractivity contribution in [3.63, 3.8) is 0 Å². The van der Waals surface area contributed by atoms with Gasteiger partial charge in [0.1, 0.15) is 5.82 Å². The van der Waals surface area contributed by atoms with Crippen LogP contribution in [0.4, 0.5) is 4.39 Å². The van der Waals surface area contributed by atoms with E-state index in [4.69, 9.17) is 5.26 Å². The predicted octanol–water partition coefficient (Wildman–Crippen LogP) is 2.12. The van der Waals surface area contributed by atoms with Crippen LogP contribution in [0.3, 0.4) is 0 Å². The predicted molar refractivity (Wildman–Crippen MR) is 51.1 cm³/mol. The summed E-state index contributed by atoms with van der Waals surface area (Å²) in [5.74, 6) is -0.219. The van der Waals surface area contributed by atoms with Crippen molar-refractivity contribution >= 4 is 0 Å². The van der Waals surface area contributed by atoms with Crippen LogP contribution in [0, 0.1) is 17.1 Å². The van der Waals surface area contributed by atoms with Gasteiger partial charge in [0, 0.05) is 11.6 Å². The summed E-state index contributed by atoms with van der Waals surface area (Å²) in [5.41, 5.74) is 1.15. The standard InChI is InChI=1S/C11H11FN2/c12-10-4-3-8(7-13)6-9(10)11-2-1-5-14-11/h3-4,6,11,14H,1-2,5H2/t11-/m0/s1. The van der Waals surface area contributed by atoms with Gasteiger partial charge in [-0.3, -0.25) is 0 Å². The number of halogens is 1. The van der Waals surface area contributed by atoms with Crippen molar-refractivity contribution in [3.8, 4) is 6.07 Å². The van der Waals surface area contributed by atoms with Crippen LogP contribution >= 0.6 is 0 Å². The number of nitrogens with zero attached hydrogens (tertiary/aromatic N) is 1. The van der Waals surface area contributed by atoms with Crippen LogP contribution in [0.1, 0.15) is 30.0 Å². The number of nitriles is 1. The number of hydrogen-bond donors (Lipinski definition) is 1. The number of nitrogens with one attached hydrogen (secondary N) is 1. The third kappa shape index (κ3) is 1.61. The lowest BCUT2D eigenvalue weighted by Gasteiger charge is -2.11. The first kappa shape index (κ1) is 9.17. The first-order valence-electron chi connectivity index (χ1n) is 4.74. The van der Waals surface area contributed by atoms with Gasteiger partial charge in [0.25, 0.3) is 0 Å². The molecule has 14 heavy (non-hydrogen) atoms. The lowest BCUT2D eigenvalue weighted by molar-refractivity contribution is 0.558. The molecule has 1 saturated heterocycles. The molecule has 72 valence electrons. The van der Waals surface area contributed by atoms with Crippen LogP contribution in [0.25, 0.3) is 0 Å². The van der Waals surface area contributed by atoms with E-state index >= 15 is 0 Å². The zero-order chi connectivity index (χ0) is 9.97. The fraction of sp³-hybridized carbons (Fsp3) is 0.364. The second kappa shape index (κ2) is 3.77. The first-order chi connectivity index (χ1) is 6.81. The van der Waals surface area contributed by atoms with Crippen LogP contribution in [0.5, 0.6) is 0 Å². The zero-order valence-electron chi connectivity index (χ0n) is 7.76. The first-order valence-corrected chi connectivity index (χ1v) is 4.74. The molecule has 0 aliphatic carbocycles. The molecule has 1 aromatic rings. The normalized spacial score (nSPS) is 20.7. The average molecular weight is 190 g/mol. The van der Waals surface area contributed by atoms with Gasteiger partial charge in [0.2, 0.25) is 0 Å². The highest BCUT2D eigenvalue weighted by Crippen LogP contribution is 2.25. The highest BCUT2D eigenvalue weighted by molar-refractivity contribution is 5.35. The maximum Gasteiger partial charge on any atom is 0.128 e. The second-order valence-corrected chi connectivity index (χ2v) is 3.50. The molecule has 2 rings (SSSR count). The Morgan fingerprint density at radius 1 is 1.50 bits per heavy atom. The summed E-state index contributed by atoms with van der Waals surface area (Å²) in [5, 5.41) is 11.9. The summed E-state index contributed by atoms with van der Waals surface area (Å²) in [4.78, 5) is 0. The van der Waals surface area contributed by atoms with Gasteiger partial charge in [0.15, 0.2) is 0 Å². The lowest BCUT2D eigenvalue weighted by Crippen LogP contribution is -2.14. The molecule has 1 aromatic carbocycles. The topological polar surface area (TPSA) is 35.8 Å². The van der Waals surface area contributed by atoms with Crippen LogP contribution in [-0.4, -0.2) is 6.54 Å². The molecule has 1 atom stereocenters. The molecule has 1 N–H and O–H groups in total. The van der Waals surface area contributed by atoms with E-state index < -0.39 is 0 Å². The van der Waals surface area contributed by atoms with Crippen LogP contribution in [-0.2, 0) is 0 Å². The molecule has 0 unspecified atom stereocenters. The molecule has 0 spiro atoms. The van der Waals surface area contributed by atoms with Gasteiger partial charge in [-0.1, -0.05) is 0 Å². The molecule has 0 bridgehead atoms. The van der Waals surface area contributed by atoms with Gasteiger partial charge in [-0.25, -0.2) is 4.39 Å². The quantitative estimate of drug-likeness (QED) is 0.736. The summed E-state index contributed by atoms with van der Waals surface area (Å²) in [6, 6.07) is 6.62. The summed E-state index contributed by atoms with van der Waals surface area (Å²) in [6.45, 7) is 0.931. The van der Waals surface area contributed by atoms with E-state index in [0.29, 0.717) is 11.1 Å². The van der Waals surface area contributed by atoms with E-state index in [1.807, 2.05) is 6.07 Å². The van der Waals surface area contributed by atoms with Crippen molar-refractivity contribution in [2.24, 2.45) is 0 Å². The van der Waals surface area contributed by atoms with Gasteiger partial charge in [0.05, 0.1) is 11.6 Å². The SMILES string of the molecule is N#Cc1ccc(F)c([C@@H]2CCCN2)c1. The van der Waals surface area contributed by atoms with Crippen molar-refractivity contribution in [2.45, 2.75) is 18.9 Å². The van der Waals surface area contributed by atoms with Crippen molar-refractivity contribution in [2.75, 3.05) is 6.54 Å². The molecule has 0 amide bonds. The molecular weight excluding hydrogens is 179 g/mol. The van der Waals surface area contributed by atoms with Crippen LogP contribution < -0.4 is 5.32 Å². The molecule has 1 heterocycles.